The number of hydrogen-bond acceptors (Lipinski definition) is 6. The lowest BCUT2D eigenvalue weighted by Gasteiger charge is -2.21. The van der Waals surface area contributed by atoms with E-state index in [1.54, 1.807) is 24.8 Å². The van der Waals surface area contributed by atoms with Gasteiger partial charge >= 0.3 is 0 Å². The molecule has 0 unspecified atom stereocenters. The molecule has 0 radical (unpaired) electrons. The van der Waals surface area contributed by atoms with Gasteiger partial charge < -0.3 is 4.57 Å². The SMILES string of the molecule is CC1(C)c2ccccc2-c2cc3c4cc(-c5cnc6c7nccnc7c7nccnc7c6n5)ccc4n(-c4ccccc4)c3cc21. The van der Waals surface area contributed by atoms with Crippen molar-refractivity contribution in [3.05, 3.63) is 127 Å². The summed E-state index contributed by atoms with van der Waals surface area (Å²) >= 11 is 0. The molecule has 0 amide bonds. The molecule has 0 spiro atoms. The van der Waals surface area contributed by atoms with Crippen LogP contribution in [0.15, 0.2) is 116 Å². The van der Waals surface area contributed by atoms with Gasteiger partial charge in [-0.2, -0.15) is 0 Å². The second-order valence-electron chi connectivity index (χ2n) is 12.4. The zero-order valence-electron chi connectivity index (χ0n) is 25.1. The lowest BCUT2D eigenvalue weighted by Crippen LogP contribution is -2.14. The molecule has 0 saturated heterocycles. The Bertz CT molecular complexity index is 2690. The average molecular weight is 592 g/mol. The predicted molar refractivity (Wildman–Crippen MR) is 183 cm³/mol. The molecular formula is C39H25N7. The Labute approximate surface area is 263 Å². The minimum Gasteiger partial charge on any atom is -0.309 e. The fourth-order valence-electron chi connectivity index (χ4n) is 7.46. The van der Waals surface area contributed by atoms with Gasteiger partial charge in [-0.15, -0.1) is 0 Å². The van der Waals surface area contributed by atoms with Gasteiger partial charge in [0.1, 0.15) is 33.1 Å². The number of para-hydroxylation sites is 1. The second kappa shape index (κ2) is 8.99. The standard InChI is InChI=1S/C39H25N7/c1-39(2)28-11-7-6-10-24(28)25-19-27-26-18-22(12-13-31(26)46(32(27)20-29(25)39)23-8-4-3-5-9-23)30-21-44-37-35-33(40-14-15-42-35)34-36(38(37)45-30)43-17-16-41-34/h3-21H,1-2H3. The highest BCUT2D eigenvalue weighted by Crippen LogP contribution is 2.51. The van der Waals surface area contributed by atoms with Gasteiger partial charge in [0.25, 0.3) is 0 Å². The Kier molecular flexibility index (Phi) is 4.94. The van der Waals surface area contributed by atoms with E-state index in [9.17, 15) is 0 Å². The van der Waals surface area contributed by atoms with Gasteiger partial charge in [-0.25, -0.2) is 9.97 Å². The zero-order chi connectivity index (χ0) is 30.6. The van der Waals surface area contributed by atoms with Crippen molar-refractivity contribution in [3.8, 4) is 28.1 Å². The van der Waals surface area contributed by atoms with E-state index < -0.39 is 0 Å². The van der Waals surface area contributed by atoms with Crippen LogP contribution in [0.4, 0.5) is 0 Å². The summed E-state index contributed by atoms with van der Waals surface area (Å²) in [5, 5.41) is 2.37. The molecule has 4 heterocycles. The van der Waals surface area contributed by atoms with Crippen LogP contribution in [0.3, 0.4) is 0 Å². The number of rotatable bonds is 2. The molecule has 10 rings (SSSR count). The van der Waals surface area contributed by atoms with Crippen LogP contribution in [0.2, 0.25) is 0 Å². The summed E-state index contributed by atoms with van der Waals surface area (Å²) in [4.78, 5) is 28.4. The largest absolute Gasteiger partial charge is 0.309 e. The van der Waals surface area contributed by atoms with Crippen LogP contribution in [0.1, 0.15) is 25.0 Å². The van der Waals surface area contributed by atoms with Gasteiger partial charge in [0, 0.05) is 52.2 Å². The van der Waals surface area contributed by atoms with Crippen molar-refractivity contribution in [1.29, 1.82) is 0 Å². The topological polar surface area (TPSA) is 82.3 Å². The fraction of sp³-hybridized carbons (Fsp3) is 0.0769. The molecule has 5 aromatic carbocycles. The van der Waals surface area contributed by atoms with Gasteiger partial charge in [-0.1, -0.05) is 62.4 Å². The summed E-state index contributed by atoms with van der Waals surface area (Å²) in [6.07, 6.45) is 8.52. The van der Waals surface area contributed by atoms with Crippen LogP contribution in [0, 0.1) is 0 Å². The Morgan fingerprint density at radius 1 is 0.522 bits per heavy atom. The fourth-order valence-corrected chi connectivity index (χ4v) is 7.46. The number of hydrogen-bond donors (Lipinski definition) is 0. The lowest BCUT2D eigenvalue weighted by molar-refractivity contribution is 0.661. The summed E-state index contributed by atoms with van der Waals surface area (Å²) in [5.74, 6) is 0. The van der Waals surface area contributed by atoms with Crippen molar-refractivity contribution in [2.24, 2.45) is 0 Å². The van der Waals surface area contributed by atoms with Crippen molar-refractivity contribution in [1.82, 2.24) is 34.5 Å². The second-order valence-corrected chi connectivity index (χ2v) is 12.4. The molecule has 0 aliphatic heterocycles. The van der Waals surface area contributed by atoms with Crippen molar-refractivity contribution < 1.29 is 0 Å². The highest BCUT2D eigenvalue weighted by Gasteiger charge is 2.36. The molecule has 7 heteroatoms. The lowest BCUT2D eigenvalue weighted by atomic mass is 9.82. The van der Waals surface area contributed by atoms with Gasteiger partial charge in [-0.05, 0) is 58.7 Å². The molecule has 0 fully saturated rings. The Morgan fingerprint density at radius 3 is 1.89 bits per heavy atom. The summed E-state index contributed by atoms with van der Waals surface area (Å²) in [6, 6.07) is 30.8. The van der Waals surface area contributed by atoms with E-state index in [-0.39, 0.29) is 5.41 Å². The van der Waals surface area contributed by atoms with Gasteiger partial charge in [0.15, 0.2) is 0 Å². The molecular weight excluding hydrogens is 566 g/mol. The molecule has 4 aromatic heterocycles. The van der Waals surface area contributed by atoms with E-state index in [0.29, 0.717) is 33.1 Å². The van der Waals surface area contributed by atoms with Crippen LogP contribution >= 0.6 is 0 Å². The van der Waals surface area contributed by atoms with E-state index in [1.807, 2.05) is 6.20 Å². The number of benzene rings is 5. The quantitative estimate of drug-likeness (QED) is 0.187. The minimum absolute atomic E-state index is 0.0931. The summed E-state index contributed by atoms with van der Waals surface area (Å²) < 4.78 is 2.38. The monoisotopic (exact) mass is 591 g/mol. The summed E-state index contributed by atoms with van der Waals surface area (Å²) in [5.41, 5.74) is 14.4. The van der Waals surface area contributed by atoms with E-state index in [0.717, 1.165) is 27.8 Å². The van der Waals surface area contributed by atoms with E-state index in [2.05, 4.69) is 123 Å². The summed E-state index contributed by atoms with van der Waals surface area (Å²) in [6.45, 7) is 4.66. The molecule has 9 aromatic rings. The molecule has 1 aliphatic carbocycles. The van der Waals surface area contributed by atoms with Gasteiger partial charge in [0.2, 0.25) is 0 Å². The van der Waals surface area contributed by atoms with Crippen LogP contribution in [-0.4, -0.2) is 34.5 Å². The average Bonchev–Trinajstić information content (AvgIpc) is 3.55. The van der Waals surface area contributed by atoms with Crippen LogP contribution in [-0.2, 0) is 5.41 Å². The Morgan fingerprint density at radius 2 is 1.15 bits per heavy atom. The molecule has 0 atom stereocenters. The third-order valence-corrected chi connectivity index (χ3v) is 9.62. The minimum atomic E-state index is -0.0931. The highest BCUT2D eigenvalue weighted by molar-refractivity contribution is 6.18. The normalized spacial score (nSPS) is 13.6. The summed E-state index contributed by atoms with van der Waals surface area (Å²) in [7, 11) is 0. The van der Waals surface area contributed by atoms with E-state index >= 15 is 0 Å². The van der Waals surface area contributed by atoms with Gasteiger partial charge in [-0.3, -0.25) is 19.9 Å². The molecule has 216 valence electrons. The third-order valence-electron chi connectivity index (χ3n) is 9.62. The first-order valence-electron chi connectivity index (χ1n) is 15.4. The van der Waals surface area contributed by atoms with Crippen LogP contribution in [0.25, 0.3) is 83.0 Å². The van der Waals surface area contributed by atoms with Crippen molar-refractivity contribution in [2.45, 2.75) is 19.3 Å². The maximum Gasteiger partial charge on any atom is 0.120 e. The van der Waals surface area contributed by atoms with E-state index in [1.165, 1.54) is 33.2 Å². The molecule has 1 aliphatic rings. The Balaban J connectivity index is 1.26. The highest BCUT2D eigenvalue weighted by atomic mass is 15.0. The van der Waals surface area contributed by atoms with Crippen molar-refractivity contribution >= 4 is 54.9 Å². The third kappa shape index (κ3) is 3.31. The number of fused-ring (bicyclic) bond motifs is 12. The predicted octanol–water partition coefficient (Wildman–Crippen LogP) is 8.59. The molecule has 46 heavy (non-hydrogen) atoms. The first-order valence-corrected chi connectivity index (χ1v) is 15.4. The maximum absolute atomic E-state index is 5.14. The smallest absolute Gasteiger partial charge is 0.120 e. The zero-order valence-corrected chi connectivity index (χ0v) is 25.1. The number of aromatic nitrogens is 7. The van der Waals surface area contributed by atoms with E-state index in [4.69, 9.17) is 9.97 Å². The molecule has 7 nitrogen and oxygen atoms in total. The molecule has 0 saturated carbocycles. The van der Waals surface area contributed by atoms with Crippen molar-refractivity contribution in [3.63, 3.8) is 0 Å². The van der Waals surface area contributed by atoms with Crippen molar-refractivity contribution in [2.75, 3.05) is 0 Å². The van der Waals surface area contributed by atoms with Crippen LogP contribution in [0.5, 0.6) is 0 Å². The first kappa shape index (κ1) is 25.3. The first-order chi connectivity index (χ1) is 22.6. The molecule has 0 N–H and O–H groups in total. The van der Waals surface area contributed by atoms with Crippen LogP contribution < -0.4 is 0 Å². The maximum atomic E-state index is 5.14. The molecule has 0 bridgehead atoms. The number of nitrogens with zero attached hydrogens (tertiary/aromatic N) is 7. The Hall–Kier alpha value is -6.08. The van der Waals surface area contributed by atoms with Gasteiger partial charge in [0.05, 0.1) is 22.9 Å².